The molecule has 0 radical (unpaired) electrons. The van der Waals surface area contributed by atoms with Crippen LogP contribution in [0.4, 0.5) is 33.3 Å². The Morgan fingerprint density at radius 2 is 1.40 bits per heavy atom. The van der Waals surface area contributed by atoms with E-state index < -0.39 is 104 Å². The number of allylic oxidation sites excluding steroid dienone is 2. The molecule has 0 aromatic heterocycles. The minimum atomic E-state index is -2.77. The van der Waals surface area contributed by atoms with E-state index in [1.165, 1.54) is 6.07 Å². The number of hydrogen-bond donors (Lipinski definition) is 1. The van der Waals surface area contributed by atoms with E-state index in [0.717, 1.165) is 10.5 Å². The Hall–Kier alpha value is -5.07. The van der Waals surface area contributed by atoms with Gasteiger partial charge < -0.3 is 5.11 Å². The van der Waals surface area contributed by atoms with Gasteiger partial charge in [0.1, 0.15) is 11.4 Å². The smallest absolute Gasteiger partial charge is 0.258 e. The van der Waals surface area contributed by atoms with E-state index in [-0.39, 0.29) is 28.1 Å². The number of nitrogens with zero attached hydrogens (tertiary/aromatic N) is 2. The largest absolute Gasteiger partial charge is 0.508 e. The molecule has 8 rings (SSSR count). The molecule has 14 heteroatoms. The number of anilines is 2. The SMILES string of the molecule is C=Cc1ccc(N2C(=O)[C@H]3[C@H](CC=C4[C@H]3C[C@@]3(Cl)C(=O)N(c5c(F)c(F)c(F)c(F)c5F)C(=O)[C@@]3(Cl)[C@H]4c3c(O)ccc4ccccc34)C2=O)cc1. The summed E-state index contributed by atoms with van der Waals surface area (Å²) >= 11 is 14.5. The lowest BCUT2D eigenvalue weighted by molar-refractivity contribution is -0.125. The molecule has 2 aliphatic heterocycles. The van der Waals surface area contributed by atoms with Gasteiger partial charge in [0.15, 0.2) is 33.0 Å². The summed E-state index contributed by atoms with van der Waals surface area (Å²) in [4.78, 5) is 52.6. The molecule has 2 aliphatic carbocycles. The predicted molar refractivity (Wildman–Crippen MR) is 181 cm³/mol. The van der Waals surface area contributed by atoms with E-state index in [1.54, 1.807) is 66.7 Å². The fourth-order valence-electron chi connectivity index (χ4n) is 8.49. The van der Waals surface area contributed by atoms with Gasteiger partial charge in [-0.15, -0.1) is 23.2 Å². The van der Waals surface area contributed by atoms with Gasteiger partial charge in [-0.05, 0) is 53.3 Å². The molecule has 2 heterocycles. The van der Waals surface area contributed by atoms with E-state index in [2.05, 4.69) is 6.58 Å². The average molecular weight is 754 g/mol. The van der Waals surface area contributed by atoms with Crippen molar-refractivity contribution < 1.29 is 46.2 Å². The maximum Gasteiger partial charge on any atom is 0.258 e. The number of benzene rings is 4. The molecule has 264 valence electrons. The molecule has 1 N–H and O–H groups in total. The Kier molecular flexibility index (Phi) is 7.50. The molecule has 3 fully saturated rings. The van der Waals surface area contributed by atoms with E-state index >= 15 is 8.78 Å². The number of aromatic hydroxyl groups is 1. The normalized spacial score (nSPS) is 28.2. The Bertz CT molecular complexity index is 2340. The summed E-state index contributed by atoms with van der Waals surface area (Å²) in [5.41, 5.74) is -0.712. The quantitative estimate of drug-likeness (QED) is 0.0578. The third-order valence-corrected chi connectivity index (χ3v) is 12.3. The standard InChI is InChI=1S/C38H23Cl2F5N2O5/c1-2-16-7-10-18(11-8-16)46-33(49)21-13-12-20-22(24(21)34(46)50)15-37(39)35(51)47(32-30(44)28(42)27(41)29(43)31(32)45)36(52)38(37,40)26(20)25-19-6-4-3-5-17(19)9-14-23(25)48/h2-12,14,21-22,24,26,48H,1,13,15H2/t21-,22+,24-,26+,37+,38-/m0/s1. The van der Waals surface area contributed by atoms with Crippen molar-refractivity contribution in [3.8, 4) is 5.75 Å². The second-order valence-corrected chi connectivity index (χ2v) is 14.5. The number of hydrogen-bond acceptors (Lipinski definition) is 5. The molecule has 52 heavy (non-hydrogen) atoms. The van der Waals surface area contributed by atoms with Crippen LogP contribution in [-0.4, -0.2) is 38.5 Å². The van der Waals surface area contributed by atoms with Crippen LogP contribution < -0.4 is 9.80 Å². The Morgan fingerprint density at radius 3 is 2.06 bits per heavy atom. The molecule has 7 nitrogen and oxygen atoms in total. The number of imide groups is 2. The third-order valence-electron chi connectivity index (χ3n) is 10.8. The maximum atomic E-state index is 15.3. The van der Waals surface area contributed by atoms with Crippen molar-refractivity contribution in [2.45, 2.75) is 28.5 Å². The minimum Gasteiger partial charge on any atom is -0.508 e. The second-order valence-electron chi connectivity index (χ2n) is 13.2. The maximum absolute atomic E-state index is 15.3. The first kappa shape index (κ1) is 34.0. The lowest BCUT2D eigenvalue weighted by Gasteiger charge is -2.51. The van der Waals surface area contributed by atoms with Crippen molar-refractivity contribution >= 4 is 75.1 Å². The summed E-state index contributed by atoms with van der Waals surface area (Å²) in [6.45, 7) is 3.70. The fraction of sp³-hybridized carbons (Fsp3) is 0.211. The van der Waals surface area contributed by atoms with Gasteiger partial charge in [-0.25, -0.2) is 26.9 Å². The highest BCUT2D eigenvalue weighted by Gasteiger charge is 2.77. The molecule has 4 aromatic carbocycles. The van der Waals surface area contributed by atoms with Gasteiger partial charge in [0.2, 0.25) is 17.6 Å². The highest BCUT2D eigenvalue weighted by Crippen LogP contribution is 2.67. The van der Waals surface area contributed by atoms with Crippen LogP contribution >= 0.6 is 23.2 Å². The van der Waals surface area contributed by atoms with Crippen LogP contribution in [0.5, 0.6) is 5.75 Å². The summed E-state index contributed by atoms with van der Waals surface area (Å²) in [7, 11) is 0. The molecule has 2 saturated heterocycles. The molecule has 0 bridgehead atoms. The lowest BCUT2D eigenvalue weighted by Crippen LogP contribution is -2.60. The van der Waals surface area contributed by atoms with Crippen LogP contribution in [-0.2, 0) is 19.2 Å². The van der Waals surface area contributed by atoms with Crippen LogP contribution in [0.2, 0.25) is 0 Å². The predicted octanol–water partition coefficient (Wildman–Crippen LogP) is 7.65. The van der Waals surface area contributed by atoms with Crippen molar-refractivity contribution in [2.24, 2.45) is 17.8 Å². The molecule has 4 amide bonds. The highest BCUT2D eigenvalue weighted by atomic mass is 35.5. The molecule has 6 atom stereocenters. The minimum absolute atomic E-state index is 0.0402. The Labute approximate surface area is 301 Å². The first-order valence-corrected chi connectivity index (χ1v) is 16.7. The summed E-state index contributed by atoms with van der Waals surface area (Å²) in [6, 6.07) is 15.8. The van der Waals surface area contributed by atoms with Crippen LogP contribution in [0.25, 0.3) is 16.8 Å². The zero-order chi connectivity index (χ0) is 37.2. The first-order valence-electron chi connectivity index (χ1n) is 16.0. The Morgan fingerprint density at radius 1 is 0.769 bits per heavy atom. The number of rotatable bonds is 4. The van der Waals surface area contributed by atoms with Crippen molar-refractivity contribution in [3.63, 3.8) is 0 Å². The van der Waals surface area contributed by atoms with Crippen molar-refractivity contribution in [3.05, 3.63) is 119 Å². The first-order chi connectivity index (χ1) is 24.7. The van der Waals surface area contributed by atoms with Gasteiger partial charge in [0.25, 0.3) is 11.8 Å². The zero-order valence-electron chi connectivity index (χ0n) is 26.5. The molecular formula is C38H23Cl2F5N2O5. The molecule has 1 saturated carbocycles. The van der Waals surface area contributed by atoms with E-state index in [4.69, 9.17) is 23.2 Å². The zero-order valence-corrected chi connectivity index (χ0v) is 28.0. The Balaban J connectivity index is 1.36. The van der Waals surface area contributed by atoms with Crippen LogP contribution in [0, 0.1) is 46.8 Å². The summed E-state index contributed by atoms with van der Waals surface area (Å²) in [5.74, 6) is -22.1. The van der Waals surface area contributed by atoms with Crippen LogP contribution in [0.1, 0.15) is 29.9 Å². The summed E-state index contributed by atoms with van der Waals surface area (Å²) in [5, 5.41) is 12.3. The number of fused-ring (bicyclic) bond motifs is 5. The van der Waals surface area contributed by atoms with E-state index in [0.29, 0.717) is 10.8 Å². The van der Waals surface area contributed by atoms with Crippen molar-refractivity contribution in [2.75, 3.05) is 9.80 Å². The van der Waals surface area contributed by atoms with Gasteiger partial charge in [-0.2, -0.15) is 0 Å². The highest BCUT2D eigenvalue weighted by molar-refractivity contribution is 6.58. The number of carbonyl (C=O) groups is 4. The number of amides is 4. The number of phenolic OH excluding ortho intramolecular Hbond substituents is 1. The molecule has 4 aromatic rings. The fourth-order valence-corrected chi connectivity index (χ4v) is 9.40. The third kappa shape index (κ3) is 4.19. The average Bonchev–Trinajstić information content (AvgIpc) is 3.48. The van der Waals surface area contributed by atoms with E-state index in [9.17, 15) is 37.5 Å². The monoisotopic (exact) mass is 752 g/mol. The molecule has 0 unspecified atom stereocenters. The van der Waals surface area contributed by atoms with Gasteiger partial charge in [0.05, 0.1) is 17.5 Å². The molecule has 0 spiro atoms. The summed E-state index contributed by atoms with van der Waals surface area (Å²) < 4.78 is 73.9. The van der Waals surface area contributed by atoms with E-state index in [1.807, 2.05) is 0 Å². The van der Waals surface area contributed by atoms with Crippen LogP contribution in [0.15, 0.2) is 78.9 Å². The number of alkyl halides is 2. The molecule has 4 aliphatic rings. The molecular weight excluding hydrogens is 730 g/mol. The lowest BCUT2D eigenvalue weighted by atomic mass is 9.56. The number of halogens is 7. The summed E-state index contributed by atoms with van der Waals surface area (Å²) in [6.07, 6.45) is 2.45. The van der Waals surface area contributed by atoms with Gasteiger partial charge in [0, 0.05) is 11.5 Å². The van der Waals surface area contributed by atoms with Crippen molar-refractivity contribution in [1.82, 2.24) is 0 Å². The van der Waals surface area contributed by atoms with Crippen molar-refractivity contribution in [1.29, 1.82) is 0 Å². The van der Waals surface area contributed by atoms with Gasteiger partial charge >= 0.3 is 0 Å². The van der Waals surface area contributed by atoms with Gasteiger partial charge in [-0.3, -0.25) is 24.1 Å². The van der Waals surface area contributed by atoms with Gasteiger partial charge in [-0.1, -0.05) is 66.8 Å². The number of phenols is 1. The topological polar surface area (TPSA) is 95.0 Å². The second kappa shape index (κ2) is 11.5. The van der Waals surface area contributed by atoms with Crippen LogP contribution in [0.3, 0.4) is 0 Å². The number of carbonyl (C=O) groups excluding carboxylic acids is 4.